The second kappa shape index (κ2) is 32.1. The molecule has 0 aliphatic rings. The van der Waals surface area contributed by atoms with E-state index in [0.717, 1.165) is 0 Å². The molecule has 0 aliphatic carbocycles. The minimum atomic E-state index is -4.20. The maximum atomic E-state index is 8.60. The summed E-state index contributed by atoms with van der Waals surface area (Å²) in [6.45, 7) is 0. The van der Waals surface area contributed by atoms with Gasteiger partial charge in [0.1, 0.15) is 0 Å². The van der Waals surface area contributed by atoms with Crippen molar-refractivity contribution >= 4 is 37.7 Å². The molecule has 0 rings (SSSR count). The maximum Gasteiger partial charge on any atom is 2.00 e. The van der Waals surface area contributed by atoms with Crippen molar-refractivity contribution in [2.45, 2.75) is 0 Å². The van der Waals surface area contributed by atoms with Crippen LogP contribution in [0.2, 0.25) is 0 Å². The monoisotopic (exact) mass is 667 g/mol. The molecule has 0 atom stereocenters. The predicted octanol–water partition coefficient (Wildman–Crippen LogP) is -6.10. The van der Waals surface area contributed by atoms with Crippen LogP contribution in [0.4, 0.5) is 0 Å². The molecule has 0 aromatic carbocycles. The molecule has 0 spiro atoms. The standard InChI is InChI=1S/Ca.4Nb.12O.Zn/q+2;;;;;;;;;;;;;4*-1;+2. The molecule has 0 aromatic heterocycles. The third-order valence-corrected chi connectivity index (χ3v) is 0. The Morgan fingerprint density at radius 3 is 0.444 bits per heavy atom. The van der Waals surface area contributed by atoms with Gasteiger partial charge in [0.15, 0.2) is 0 Å². The van der Waals surface area contributed by atoms with E-state index in [2.05, 4.69) is 0 Å². The smallest absolute Gasteiger partial charge is 2.00 e. The van der Waals surface area contributed by atoms with Gasteiger partial charge >= 0.3 is 173 Å². The Morgan fingerprint density at radius 2 is 0.444 bits per heavy atom. The molecule has 0 saturated heterocycles. The van der Waals surface area contributed by atoms with E-state index < -0.39 is 75.1 Å². The average Bonchev–Trinajstić information content (AvgIpc) is 1.76. The molecule has 0 amide bonds. The molecule has 18 heavy (non-hydrogen) atoms. The predicted molar refractivity (Wildman–Crippen MR) is 11.2 cm³/mol. The maximum absolute atomic E-state index is 8.60. The fraction of sp³-hybridized carbons (Fsp3) is 0. The molecule has 0 aromatic rings. The van der Waals surface area contributed by atoms with E-state index in [1.807, 2.05) is 0 Å². The van der Waals surface area contributed by atoms with E-state index in [1.165, 1.54) is 0 Å². The molecule has 0 heterocycles. The number of hydrogen-bond acceptors (Lipinski definition) is 12. The third kappa shape index (κ3) is 656. The van der Waals surface area contributed by atoms with Gasteiger partial charge in [-0.05, 0) is 0 Å². The van der Waals surface area contributed by atoms with Crippen LogP contribution in [0.5, 0.6) is 0 Å². The van der Waals surface area contributed by atoms with Crippen molar-refractivity contribution in [1.29, 1.82) is 0 Å². The van der Waals surface area contributed by atoms with Gasteiger partial charge in [-0.2, -0.15) is 0 Å². The van der Waals surface area contributed by atoms with Crippen molar-refractivity contribution in [1.82, 2.24) is 0 Å². The molecule has 18 heteroatoms. The largest absolute Gasteiger partial charge is 2.00 e. The van der Waals surface area contributed by atoms with E-state index in [9.17, 15) is 0 Å². The van der Waals surface area contributed by atoms with E-state index in [4.69, 9.17) is 40.5 Å². The number of rotatable bonds is 0. The second-order valence-corrected chi connectivity index (χ2v) is 5.29. The molecule has 0 bridgehead atoms. The molecular formula is CaNb4O12Zn. The van der Waals surface area contributed by atoms with Crippen LogP contribution in [0.15, 0.2) is 0 Å². The molecule has 96 valence electrons. The van der Waals surface area contributed by atoms with Crippen LogP contribution in [-0.2, 0) is 121 Å². The zero-order valence-corrected chi connectivity index (χ0v) is 22.1. The average molecular weight is 669 g/mol. The van der Waals surface area contributed by atoms with Crippen molar-refractivity contribution in [3.63, 3.8) is 0 Å². The van der Waals surface area contributed by atoms with Crippen LogP contribution in [0.25, 0.3) is 0 Å². The quantitative estimate of drug-likeness (QED) is 0.220. The fourth-order valence-electron chi connectivity index (χ4n) is 0. The van der Waals surface area contributed by atoms with Crippen molar-refractivity contribution in [3.8, 4) is 0 Å². The molecule has 0 fully saturated rings. The van der Waals surface area contributed by atoms with Crippen LogP contribution in [0.3, 0.4) is 0 Å². The van der Waals surface area contributed by atoms with Gasteiger partial charge in [-0.25, -0.2) is 0 Å². The normalized spacial score (nSPS) is 5.56. The van der Waals surface area contributed by atoms with Crippen LogP contribution in [0, 0.1) is 0 Å². The number of hydrogen-bond donors (Lipinski definition) is 0. The van der Waals surface area contributed by atoms with Crippen LogP contribution >= 0.6 is 0 Å². The van der Waals surface area contributed by atoms with Gasteiger partial charge in [-0.15, -0.1) is 0 Å². The van der Waals surface area contributed by atoms with Gasteiger partial charge in [0, 0.05) is 0 Å². The summed E-state index contributed by atoms with van der Waals surface area (Å²) >= 11 is -16.8. The molecule has 0 saturated carbocycles. The van der Waals surface area contributed by atoms with Crippen LogP contribution in [-0.4, -0.2) is 37.7 Å². The van der Waals surface area contributed by atoms with E-state index >= 15 is 0 Å². The van der Waals surface area contributed by atoms with Gasteiger partial charge < -0.3 is 0 Å². The first kappa shape index (κ1) is 37.4. The van der Waals surface area contributed by atoms with Gasteiger partial charge in [0.05, 0.1) is 0 Å². The third-order valence-electron chi connectivity index (χ3n) is 0. The summed E-state index contributed by atoms with van der Waals surface area (Å²) in [7, 11) is 0. The van der Waals surface area contributed by atoms with Gasteiger partial charge in [0.25, 0.3) is 0 Å². The summed E-state index contributed by atoms with van der Waals surface area (Å²) in [6, 6.07) is 0. The first-order valence-corrected chi connectivity index (χ1v) is 13.0. The molecule has 0 aliphatic heterocycles. The summed E-state index contributed by atoms with van der Waals surface area (Å²) in [6.07, 6.45) is 0. The Bertz CT molecular complexity index is 298. The summed E-state index contributed by atoms with van der Waals surface area (Å²) in [5, 5.41) is 0. The van der Waals surface area contributed by atoms with E-state index in [1.54, 1.807) is 0 Å². The van der Waals surface area contributed by atoms with Gasteiger partial charge in [-0.3, -0.25) is 0 Å². The van der Waals surface area contributed by atoms with Gasteiger partial charge in [-0.1, -0.05) is 0 Å². The zero-order valence-electron chi connectivity index (χ0n) is 8.10. The van der Waals surface area contributed by atoms with Crippen molar-refractivity contribution in [3.05, 3.63) is 0 Å². The van der Waals surface area contributed by atoms with E-state index in [-0.39, 0.29) is 57.2 Å². The molecule has 0 N–H and O–H groups in total. The summed E-state index contributed by atoms with van der Waals surface area (Å²) in [5.41, 5.74) is 0. The fourth-order valence-corrected chi connectivity index (χ4v) is 0. The Balaban J connectivity index is -0.0000000257. The molecular weight excluding hydrogens is 669 g/mol. The van der Waals surface area contributed by atoms with Crippen molar-refractivity contribution in [2.75, 3.05) is 0 Å². The van der Waals surface area contributed by atoms with E-state index in [0.29, 0.717) is 0 Å². The summed E-state index contributed by atoms with van der Waals surface area (Å²) in [5.74, 6) is 0. The minimum absolute atomic E-state index is 0. The molecule has 12 nitrogen and oxygen atoms in total. The van der Waals surface area contributed by atoms with Gasteiger partial charge in [0.2, 0.25) is 0 Å². The van der Waals surface area contributed by atoms with Crippen molar-refractivity contribution in [2.24, 2.45) is 0 Å². The second-order valence-electron chi connectivity index (χ2n) is 0.894. The SMILES string of the molecule is [Ca+2].[O]=[Nb](=[O])[O-].[O]=[Nb](=[O])[O-].[O]=[Nb](=[O])[O-].[O]=[Nb](=[O])[O-].[Zn+2]. The summed E-state index contributed by atoms with van der Waals surface area (Å²) < 4.78 is 103. The van der Waals surface area contributed by atoms with Crippen LogP contribution in [0.1, 0.15) is 0 Å². The first-order chi connectivity index (χ1) is 6.93. The topological polar surface area (TPSA) is 229 Å². The Morgan fingerprint density at radius 1 is 0.444 bits per heavy atom. The van der Waals surface area contributed by atoms with Crippen LogP contribution < -0.4 is 14.5 Å². The minimum Gasteiger partial charge on any atom is 2.00 e. The zero-order chi connectivity index (χ0) is 14.3. The molecule has 0 radical (unpaired) electrons. The van der Waals surface area contributed by atoms with Crippen molar-refractivity contribution < 1.29 is 135 Å². The Hall–Kier alpha value is 3.08. The summed E-state index contributed by atoms with van der Waals surface area (Å²) in [4.78, 5) is 0. The Labute approximate surface area is 169 Å². The Kier molecular flexibility index (Phi) is 66.8. The first-order valence-electron chi connectivity index (χ1n) is 2.19. The molecule has 0 unspecified atom stereocenters.